The van der Waals surface area contributed by atoms with Gasteiger partial charge in [-0.15, -0.1) is 11.3 Å². The lowest BCUT2D eigenvalue weighted by Gasteiger charge is -2.26. The SMILES string of the molecule is NC(=O)c1[nH]c2ccc(-c3nccs3)cc2c1S(=O)(=O)N1CCOCC1. The second-order valence-corrected chi connectivity index (χ2v) is 8.58. The van der Waals surface area contributed by atoms with Gasteiger partial charge in [-0.1, -0.05) is 0 Å². The molecule has 1 saturated heterocycles. The summed E-state index contributed by atoms with van der Waals surface area (Å²) in [7, 11) is -3.90. The van der Waals surface area contributed by atoms with Crippen LogP contribution in [0.5, 0.6) is 0 Å². The van der Waals surface area contributed by atoms with Gasteiger partial charge in [0.25, 0.3) is 5.91 Å². The number of amides is 1. The zero-order valence-corrected chi connectivity index (χ0v) is 15.3. The number of nitrogens with one attached hydrogen (secondary N) is 1. The van der Waals surface area contributed by atoms with Gasteiger partial charge in [-0.05, 0) is 18.2 Å². The molecule has 1 amide bonds. The van der Waals surface area contributed by atoms with Gasteiger partial charge in [0, 0.05) is 41.1 Å². The van der Waals surface area contributed by atoms with Gasteiger partial charge < -0.3 is 15.5 Å². The number of rotatable bonds is 4. The highest BCUT2D eigenvalue weighted by Gasteiger charge is 2.33. The number of primary amides is 1. The van der Waals surface area contributed by atoms with Gasteiger partial charge in [-0.25, -0.2) is 13.4 Å². The maximum absolute atomic E-state index is 13.2. The number of nitrogens with zero attached hydrogens (tertiary/aromatic N) is 2. The van der Waals surface area contributed by atoms with Crippen LogP contribution in [0.1, 0.15) is 10.5 Å². The Balaban J connectivity index is 1.94. The van der Waals surface area contributed by atoms with Crippen molar-refractivity contribution in [2.45, 2.75) is 4.90 Å². The normalized spacial score (nSPS) is 16.2. The van der Waals surface area contributed by atoms with E-state index >= 15 is 0 Å². The standard InChI is InChI=1S/C16H16N4O4S2/c17-15(21)13-14(26(22,23)20-4-6-24-7-5-20)11-9-10(1-2-12(11)19-13)16-18-3-8-25-16/h1-3,8-9,19H,4-7H2,(H2,17,21). The number of carbonyl (C=O) groups is 1. The Bertz CT molecular complexity index is 1070. The van der Waals surface area contributed by atoms with E-state index in [0.717, 1.165) is 10.6 Å². The third-order valence-corrected chi connectivity index (χ3v) is 7.05. The van der Waals surface area contributed by atoms with Crippen LogP contribution in [0.2, 0.25) is 0 Å². The van der Waals surface area contributed by atoms with Crippen LogP contribution in [0.3, 0.4) is 0 Å². The number of hydrogen-bond donors (Lipinski definition) is 2. The Morgan fingerprint density at radius 1 is 1.31 bits per heavy atom. The number of thiazole rings is 1. The van der Waals surface area contributed by atoms with Crippen LogP contribution in [0.25, 0.3) is 21.5 Å². The Morgan fingerprint density at radius 2 is 2.08 bits per heavy atom. The van der Waals surface area contributed by atoms with E-state index in [1.165, 1.54) is 15.6 Å². The number of fused-ring (bicyclic) bond motifs is 1. The molecule has 1 fully saturated rings. The molecule has 1 aliphatic rings. The zero-order chi connectivity index (χ0) is 18.3. The van der Waals surface area contributed by atoms with Gasteiger partial charge in [0.05, 0.1) is 13.2 Å². The van der Waals surface area contributed by atoms with Crippen LogP contribution in [0.15, 0.2) is 34.7 Å². The van der Waals surface area contributed by atoms with Crippen molar-refractivity contribution in [2.75, 3.05) is 26.3 Å². The first-order valence-corrected chi connectivity index (χ1v) is 10.2. The first-order valence-electron chi connectivity index (χ1n) is 7.92. The number of aromatic amines is 1. The van der Waals surface area contributed by atoms with Crippen LogP contribution in [0, 0.1) is 0 Å². The van der Waals surface area contributed by atoms with Crippen molar-refractivity contribution in [2.24, 2.45) is 5.73 Å². The van der Waals surface area contributed by atoms with Crippen molar-refractivity contribution >= 4 is 38.2 Å². The molecule has 8 nitrogen and oxygen atoms in total. The molecule has 4 rings (SSSR count). The van der Waals surface area contributed by atoms with Crippen molar-refractivity contribution in [1.29, 1.82) is 0 Å². The Labute approximate surface area is 153 Å². The smallest absolute Gasteiger partial charge is 0.266 e. The minimum atomic E-state index is -3.90. The van der Waals surface area contributed by atoms with Gasteiger partial charge >= 0.3 is 0 Å². The molecule has 0 atom stereocenters. The fraction of sp³-hybridized carbons (Fsp3) is 0.250. The lowest BCUT2D eigenvalue weighted by molar-refractivity contribution is 0.0730. The van der Waals surface area contributed by atoms with Crippen LogP contribution >= 0.6 is 11.3 Å². The average molecular weight is 392 g/mol. The van der Waals surface area contributed by atoms with Gasteiger partial charge in [-0.3, -0.25) is 4.79 Å². The second-order valence-electron chi connectivity index (χ2n) is 5.81. The van der Waals surface area contributed by atoms with E-state index in [9.17, 15) is 13.2 Å². The largest absolute Gasteiger partial charge is 0.379 e. The zero-order valence-electron chi connectivity index (χ0n) is 13.6. The molecule has 0 aliphatic carbocycles. The minimum Gasteiger partial charge on any atom is -0.379 e. The van der Waals surface area contributed by atoms with Crippen LogP contribution in [-0.4, -0.2) is 54.9 Å². The highest BCUT2D eigenvalue weighted by Crippen LogP contribution is 2.33. The number of ether oxygens (including phenoxy) is 1. The number of benzene rings is 1. The Hall–Kier alpha value is -2.27. The quantitative estimate of drug-likeness (QED) is 0.696. The topological polar surface area (TPSA) is 118 Å². The number of aromatic nitrogens is 2. The summed E-state index contributed by atoms with van der Waals surface area (Å²) in [5, 5.41) is 3.04. The number of carbonyl (C=O) groups excluding carboxylic acids is 1. The number of H-pyrrole nitrogens is 1. The minimum absolute atomic E-state index is 0.0830. The van der Waals surface area contributed by atoms with Gasteiger partial charge in [0.2, 0.25) is 10.0 Å². The van der Waals surface area contributed by atoms with Crippen molar-refractivity contribution in [1.82, 2.24) is 14.3 Å². The van der Waals surface area contributed by atoms with E-state index in [0.29, 0.717) is 24.1 Å². The molecule has 0 spiro atoms. The summed E-state index contributed by atoms with van der Waals surface area (Å²) in [6.45, 7) is 1.11. The van der Waals surface area contributed by atoms with E-state index in [1.807, 2.05) is 11.4 Å². The Morgan fingerprint density at radius 3 is 2.73 bits per heavy atom. The molecule has 3 N–H and O–H groups in total. The lowest BCUT2D eigenvalue weighted by atomic mass is 10.1. The van der Waals surface area contributed by atoms with E-state index in [4.69, 9.17) is 10.5 Å². The fourth-order valence-corrected chi connectivity index (χ4v) is 5.40. The summed E-state index contributed by atoms with van der Waals surface area (Å²) >= 11 is 1.45. The summed E-state index contributed by atoms with van der Waals surface area (Å²) in [5.41, 5.74) is 6.65. The molecule has 3 aromatic rings. The molecule has 0 saturated carbocycles. The summed E-state index contributed by atoms with van der Waals surface area (Å²) < 4.78 is 33.0. The highest BCUT2D eigenvalue weighted by molar-refractivity contribution is 7.89. The second kappa shape index (κ2) is 6.47. The van der Waals surface area contributed by atoms with E-state index in [-0.39, 0.29) is 23.7 Å². The van der Waals surface area contributed by atoms with Crippen molar-refractivity contribution in [3.8, 4) is 10.6 Å². The highest BCUT2D eigenvalue weighted by atomic mass is 32.2. The molecule has 3 heterocycles. The average Bonchev–Trinajstić information content (AvgIpc) is 3.29. The van der Waals surface area contributed by atoms with Crippen molar-refractivity contribution < 1.29 is 17.9 Å². The van der Waals surface area contributed by atoms with Crippen LogP contribution < -0.4 is 5.73 Å². The monoisotopic (exact) mass is 392 g/mol. The van der Waals surface area contributed by atoms with E-state index in [2.05, 4.69) is 9.97 Å². The number of hydrogen-bond acceptors (Lipinski definition) is 6. The first kappa shape index (κ1) is 17.2. The Kier molecular flexibility index (Phi) is 4.27. The third kappa shape index (κ3) is 2.80. The predicted octanol–water partition coefficient (Wildman–Crippen LogP) is 1.41. The third-order valence-electron chi connectivity index (χ3n) is 4.24. The van der Waals surface area contributed by atoms with E-state index < -0.39 is 15.9 Å². The van der Waals surface area contributed by atoms with Crippen LogP contribution in [0.4, 0.5) is 0 Å². The summed E-state index contributed by atoms with van der Waals surface area (Å²) in [4.78, 5) is 18.9. The van der Waals surface area contributed by atoms with Gasteiger partial charge in [0.15, 0.2) is 0 Å². The number of morpholine rings is 1. The number of nitrogens with two attached hydrogens (primary N) is 1. The van der Waals surface area contributed by atoms with Crippen molar-refractivity contribution in [3.63, 3.8) is 0 Å². The molecule has 10 heteroatoms. The molecule has 136 valence electrons. The van der Waals surface area contributed by atoms with Crippen molar-refractivity contribution in [3.05, 3.63) is 35.5 Å². The summed E-state index contributed by atoms with van der Waals surface area (Å²) in [6, 6.07) is 5.29. The lowest BCUT2D eigenvalue weighted by Crippen LogP contribution is -2.41. The first-order chi connectivity index (χ1) is 12.5. The van der Waals surface area contributed by atoms with Gasteiger partial charge in [-0.2, -0.15) is 4.31 Å². The molecule has 26 heavy (non-hydrogen) atoms. The molecular weight excluding hydrogens is 376 g/mol. The van der Waals surface area contributed by atoms with E-state index in [1.54, 1.807) is 18.3 Å². The molecule has 1 aromatic carbocycles. The molecular formula is C16H16N4O4S2. The molecule has 0 radical (unpaired) electrons. The molecule has 1 aliphatic heterocycles. The predicted molar refractivity (Wildman–Crippen MR) is 97.5 cm³/mol. The van der Waals surface area contributed by atoms with Crippen LogP contribution in [-0.2, 0) is 14.8 Å². The molecule has 0 unspecified atom stereocenters. The maximum Gasteiger partial charge on any atom is 0.266 e. The molecule has 2 aromatic heterocycles. The fourth-order valence-electron chi connectivity index (χ4n) is 3.02. The summed E-state index contributed by atoms with van der Waals surface area (Å²) in [6.07, 6.45) is 1.68. The molecule has 0 bridgehead atoms. The van der Waals surface area contributed by atoms with Gasteiger partial charge in [0.1, 0.15) is 15.6 Å². The number of sulfonamides is 1. The maximum atomic E-state index is 13.2. The summed E-state index contributed by atoms with van der Waals surface area (Å²) in [5.74, 6) is -0.816.